The van der Waals surface area contributed by atoms with Gasteiger partial charge in [-0.05, 0) is 31.0 Å². The van der Waals surface area contributed by atoms with Crippen molar-refractivity contribution in [2.75, 3.05) is 13.7 Å². The number of methoxy groups -OCH3 is 1. The van der Waals surface area contributed by atoms with E-state index in [9.17, 15) is 4.79 Å². The van der Waals surface area contributed by atoms with Crippen molar-refractivity contribution in [3.8, 4) is 11.8 Å². The maximum atomic E-state index is 12.4. The molecule has 2 rings (SSSR count). The van der Waals surface area contributed by atoms with Crippen molar-refractivity contribution in [1.29, 1.82) is 5.26 Å². The molecule has 0 spiro atoms. The van der Waals surface area contributed by atoms with E-state index < -0.39 is 0 Å². The molecule has 1 atom stereocenters. The van der Waals surface area contributed by atoms with E-state index in [4.69, 9.17) is 21.6 Å². The van der Waals surface area contributed by atoms with Gasteiger partial charge in [0.1, 0.15) is 11.8 Å². The van der Waals surface area contributed by atoms with Crippen molar-refractivity contribution in [1.82, 2.24) is 4.90 Å². The van der Waals surface area contributed by atoms with Crippen molar-refractivity contribution in [2.45, 2.75) is 18.9 Å². The van der Waals surface area contributed by atoms with Gasteiger partial charge in [-0.2, -0.15) is 5.26 Å². The van der Waals surface area contributed by atoms with Crippen LogP contribution in [-0.4, -0.2) is 30.5 Å². The second-order valence-electron chi connectivity index (χ2n) is 4.13. The third-order valence-electron chi connectivity index (χ3n) is 3.05. The van der Waals surface area contributed by atoms with Crippen LogP contribution in [-0.2, 0) is 0 Å². The van der Waals surface area contributed by atoms with Gasteiger partial charge in [0.25, 0.3) is 5.91 Å². The Morgan fingerprint density at radius 3 is 3.06 bits per heavy atom. The zero-order valence-corrected chi connectivity index (χ0v) is 10.8. The van der Waals surface area contributed by atoms with Crippen LogP contribution < -0.4 is 4.74 Å². The first-order chi connectivity index (χ1) is 8.67. The number of nitrogens with zero attached hydrogens (tertiary/aromatic N) is 2. The van der Waals surface area contributed by atoms with Gasteiger partial charge in [-0.25, -0.2) is 0 Å². The highest BCUT2D eigenvalue weighted by Gasteiger charge is 2.30. The summed E-state index contributed by atoms with van der Waals surface area (Å²) in [5.41, 5.74) is 0.409. The first-order valence-corrected chi connectivity index (χ1v) is 6.09. The number of hydrogen-bond donors (Lipinski definition) is 0. The summed E-state index contributed by atoms with van der Waals surface area (Å²) in [6, 6.07) is 6.71. The maximum absolute atomic E-state index is 12.4. The van der Waals surface area contributed by atoms with Crippen molar-refractivity contribution in [3.63, 3.8) is 0 Å². The fourth-order valence-corrected chi connectivity index (χ4v) is 2.32. The van der Waals surface area contributed by atoms with Gasteiger partial charge in [-0.3, -0.25) is 4.79 Å². The van der Waals surface area contributed by atoms with Gasteiger partial charge >= 0.3 is 0 Å². The second-order valence-corrected chi connectivity index (χ2v) is 4.57. The van der Waals surface area contributed by atoms with E-state index >= 15 is 0 Å². The Kier molecular flexibility index (Phi) is 3.73. The minimum absolute atomic E-state index is 0.196. The monoisotopic (exact) mass is 264 g/mol. The van der Waals surface area contributed by atoms with Crippen LogP contribution in [0.25, 0.3) is 0 Å². The summed E-state index contributed by atoms with van der Waals surface area (Å²) in [5.74, 6) is 0.284. The van der Waals surface area contributed by atoms with Crippen molar-refractivity contribution >= 4 is 17.5 Å². The number of rotatable bonds is 2. The van der Waals surface area contributed by atoms with Gasteiger partial charge in [0.2, 0.25) is 0 Å². The number of benzene rings is 1. The van der Waals surface area contributed by atoms with E-state index in [0.29, 0.717) is 22.9 Å². The second kappa shape index (κ2) is 5.28. The summed E-state index contributed by atoms with van der Waals surface area (Å²) in [7, 11) is 1.51. The van der Waals surface area contributed by atoms with E-state index in [1.165, 1.54) is 7.11 Å². The molecule has 0 N–H and O–H groups in total. The lowest BCUT2D eigenvalue weighted by molar-refractivity contribution is 0.0761. The SMILES string of the molecule is COc1ccc(Cl)cc1C(=O)N1CCCC1C#N. The molecule has 0 aliphatic carbocycles. The predicted molar refractivity (Wildman–Crippen MR) is 67.7 cm³/mol. The molecule has 1 saturated heterocycles. The van der Waals surface area contributed by atoms with Crippen LogP contribution in [0.15, 0.2) is 18.2 Å². The van der Waals surface area contributed by atoms with E-state index in [2.05, 4.69) is 6.07 Å². The zero-order chi connectivity index (χ0) is 13.1. The Balaban J connectivity index is 2.34. The minimum atomic E-state index is -0.346. The lowest BCUT2D eigenvalue weighted by Gasteiger charge is -2.20. The number of ether oxygens (including phenoxy) is 1. The maximum Gasteiger partial charge on any atom is 0.258 e. The highest BCUT2D eigenvalue weighted by atomic mass is 35.5. The summed E-state index contributed by atoms with van der Waals surface area (Å²) < 4.78 is 5.16. The first kappa shape index (κ1) is 12.7. The molecule has 4 nitrogen and oxygen atoms in total. The Bertz CT molecular complexity index is 510. The molecule has 1 fully saturated rings. The molecule has 1 unspecified atom stereocenters. The van der Waals surface area contributed by atoms with Gasteiger partial charge in [-0.15, -0.1) is 0 Å². The van der Waals surface area contributed by atoms with E-state index in [1.54, 1.807) is 23.1 Å². The molecule has 5 heteroatoms. The smallest absolute Gasteiger partial charge is 0.258 e. The predicted octanol–water partition coefficient (Wildman–Crippen LogP) is 2.48. The highest BCUT2D eigenvalue weighted by Crippen LogP contribution is 2.27. The molecule has 0 bridgehead atoms. The Morgan fingerprint density at radius 2 is 2.39 bits per heavy atom. The minimum Gasteiger partial charge on any atom is -0.496 e. The van der Waals surface area contributed by atoms with Crippen LogP contribution >= 0.6 is 11.6 Å². The number of carbonyl (C=O) groups is 1. The van der Waals surface area contributed by atoms with Crippen molar-refractivity contribution in [3.05, 3.63) is 28.8 Å². The number of hydrogen-bond acceptors (Lipinski definition) is 3. The Labute approximate surface area is 111 Å². The summed E-state index contributed by atoms with van der Waals surface area (Å²) in [6.07, 6.45) is 1.58. The lowest BCUT2D eigenvalue weighted by Crippen LogP contribution is -2.34. The molecular formula is C13H13ClN2O2. The first-order valence-electron chi connectivity index (χ1n) is 5.71. The molecule has 1 aliphatic rings. The van der Waals surface area contributed by atoms with Crippen molar-refractivity contribution in [2.24, 2.45) is 0 Å². The van der Waals surface area contributed by atoms with Gasteiger partial charge < -0.3 is 9.64 Å². The van der Waals surface area contributed by atoms with Gasteiger partial charge in [0, 0.05) is 11.6 Å². The molecule has 0 saturated carbocycles. The average Bonchev–Trinajstić information content (AvgIpc) is 2.86. The molecule has 18 heavy (non-hydrogen) atoms. The molecule has 0 radical (unpaired) electrons. The van der Waals surface area contributed by atoms with Crippen LogP contribution in [0.1, 0.15) is 23.2 Å². The molecule has 1 heterocycles. The fourth-order valence-electron chi connectivity index (χ4n) is 2.15. The molecule has 0 aromatic heterocycles. The molecule has 94 valence electrons. The third-order valence-corrected chi connectivity index (χ3v) is 3.29. The normalized spacial score (nSPS) is 18.5. The third kappa shape index (κ3) is 2.27. The van der Waals surface area contributed by atoms with Crippen LogP contribution in [0.3, 0.4) is 0 Å². The van der Waals surface area contributed by atoms with Crippen LogP contribution in [0, 0.1) is 11.3 Å². The lowest BCUT2D eigenvalue weighted by atomic mass is 10.1. The zero-order valence-electron chi connectivity index (χ0n) is 10.0. The molecule has 1 amide bonds. The number of likely N-dealkylation sites (tertiary alicyclic amines) is 1. The number of amides is 1. The summed E-state index contributed by atoms with van der Waals surface area (Å²) in [5, 5.41) is 9.49. The van der Waals surface area contributed by atoms with E-state index in [-0.39, 0.29) is 11.9 Å². The summed E-state index contributed by atoms with van der Waals surface area (Å²) >= 11 is 5.90. The topological polar surface area (TPSA) is 53.3 Å². The van der Waals surface area contributed by atoms with Crippen LogP contribution in [0.2, 0.25) is 5.02 Å². The Hall–Kier alpha value is -1.73. The fraction of sp³-hybridized carbons (Fsp3) is 0.385. The molecule has 1 aliphatic heterocycles. The van der Waals surface area contributed by atoms with E-state index in [0.717, 1.165) is 12.8 Å². The van der Waals surface area contributed by atoms with Gasteiger partial charge in [0.05, 0.1) is 18.7 Å². The molecule has 1 aromatic rings. The van der Waals surface area contributed by atoms with E-state index in [1.807, 2.05) is 0 Å². The number of carbonyl (C=O) groups excluding carboxylic acids is 1. The largest absolute Gasteiger partial charge is 0.496 e. The van der Waals surface area contributed by atoms with Crippen LogP contribution in [0.4, 0.5) is 0 Å². The molecule has 1 aromatic carbocycles. The highest BCUT2D eigenvalue weighted by molar-refractivity contribution is 6.31. The van der Waals surface area contributed by atoms with Crippen molar-refractivity contribution < 1.29 is 9.53 Å². The standard InChI is InChI=1S/C13H13ClN2O2/c1-18-12-5-4-9(14)7-11(12)13(17)16-6-2-3-10(16)8-15/h4-5,7,10H,2-3,6H2,1H3. The van der Waals surface area contributed by atoms with Gasteiger partial charge in [0.15, 0.2) is 0 Å². The number of nitriles is 1. The summed E-state index contributed by atoms with van der Waals surface area (Å²) in [4.78, 5) is 14.0. The van der Waals surface area contributed by atoms with Crippen LogP contribution in [0.5, 0.6) is 5.75 Å². The average molecular weight is 265 g/mol. The summed E-state index contributed by atoms with van der Waals surface area (Å²) in [6.45, 7) is 0.604. The number of halogens is 1. The quantitative estimate of drug-likeness (QED) is 0.825. The molecular weight excluding hydrogens is 252 g/mol. The van der Waals surface area contributed by atoms with Gasteiger partial charge in [-0.1, -0.05) is 11.6 Å². The Morgan fingerprint density at radius 1 is 1.61 bits per heavy atom.